The third kappa shape index (κ3) is 2.74. The van der Waals surface area contributed by atoms with Gasteiger partial charge in [0.05, 0.1) is 15.7 Å². The van der Waals surface area contributed by atoms with Crippen LogP contribution in [0, 0.1) is 0 Å². The molecule has 5 nitrogen and oxygen atoms in total. The van der Waals surface area contributed by atoms with Gasteiger partial charge in [-0.2, -0.15) is 0 Å². The average molecular weight is 316 g/mol. The van der Waals surface area contributed by atoms with E-state index in [0.717, 1.165) is 0 Å². The molecule has 2 aromatic rings. The predicted molar refractivity (Wildman–Crippen MR) is 82.2 cm³/mol. The quantitative estimate of drug-likeness (QED) is 0.865. The minimum atomic E-state index is -3.40. The van der Waals surface area contributed by atoms with E-state index >= 15 is 0 Å². The van der Waals surface area contributed by atoms with Gasteiger partial charge < -0.3 is 4.90 Å². The Balaban J connectivity index is 1.77. The lowest BCUT2D eigenvalue weighted by atomic mass is 10.2. The summed E-state index contributed by atoms with van der Waals surface area (Å²) in [5.41, 5.74) is 0.486. The lowest BCUT2D eigenvalue weighted by Gasteiger charge is -2.16. The summed E-state index contributed by atoms with van der Waals surface area (Å²) in [6, 6.07) is 11.8. The molecular formula is C16H16N2O3S. The molecule has 1 atom stereocenters. The van der Waals surface area contributed by atoms with E-state index in [-0.39, 0.29) is 12.5 Å². The van der Waals surface area contributed by atoms with Gasteiger partial charge in [0.25, 0.3) is 5.91 Å². The maximum Gasteiger partial charge on any atom is 0.255 e. The first kappa shape index (κ1) is 14.7. The number of sulfone groups is 1. The van der Waals surface area contributed by atoms with Crippen molar-refractivity contribution in [2.75, 3.05) is 13.1 Å². The first-order chi connectivity index (χ1) is 10.6. The van der Waals surface area contributed by atoms with Gasteiger partial charge >= 0.3 is 0 Å². The number of likely N-dealkylation sites (tertiary alicyclic amines) is 1. The average Bonchev–Trinajstić information content (AvgIpc) is 3.06. The largest absolute Gasteiger partial charge is 0.337 e. The highest BCUT2D eigenvalue weighted by atomic mass is 32.2. The van der Waals surface area contributed by atoms with E-state index in [1.807, 2.05) is 0 Å². The summed E-state index contributed by atoms with van der Waals surface area (Å²) in [6.45, 7) is 0.676. The molecule has 0 spiro atoms. The van der Waals surface area contributed by atoms with Crippen molar-refractivity contribution in [1.29, 1.82) is 0 Å². The summed E-state index contributed by atoms with van der Waals surface area (Å²) >= 11 is 0. The molecule has 0 bridgehead atoms. The first-order valence-corrected chi connectivity index (χ1v) is 8.62. The fourth-order valence-corrected chi connectivity index (χ4v) is 4.35. The zero-order valence-electron chi connectivity index (χ0n) is 11.9. The van der Waals surface area contributed by atoms with E-state index in [2.05, 4.69) is 4.98 Å². The maximum atomic E-state index is 12.6. The summed E-state index contributed by atoms with van der Waals surface area (Å²) in [5, 5.41) is -0.546. The fraction of sp³-hybridized carbons (Fsp3) is 0.250. The molecule has 0 aliphatic carbocycles. The molecule has 1 saturated heterocycles. The molecule has 1 amide bonds. The SMILES string of the molecule is O=C(c1cccnc1)N1CCC(S(=O)(=O)c2ccccc2)C1. The molecule has 22 heavy (non-hydrogen) atoms. The van der Waals surface area contributed by atoms with E-state index in [0.29, 0.717) is 23.4 Å². The van der Waals surface area contributed by atoms with Crippen LogP contribution in [-0.4, -0.2) is 42.5 Å². The second-order valence-electron chi connectivity index (χ2n) is 5.26. The van der Waals surface area contributed by atoms with Crippen LogP contribution in [0.3, 0.4) is 0 Å². The van der Waals surface area contributed by atoms with E-state index < -0.39 is 15.1 Å². The monoisotopic (exact) mass is 316 g/mol. The predicted octanol–water partition coefficient (Wildman–Crippen LogP) is 1.77. The lowest BCUT2D eigenvalue weighted by molar-refractivity contribution is 0.0793. The minimum Gasteiger partial charge on any atom is -0.337 e. The van der Waals surface area contributed by atoms with Crippen LogP contribution in [0.4, 0.5) is 0 Å². The molecule has 1 unspecified atom stereocenters. The van der Waals surface area contributed by atoms with Crippen LogP contribution >= 0.6 is 0 Å². The molecule has 3 rings (SSSR count). The van der Waals surface area contributed by atoms with Crippen LogP contribution in [-0.2, 0) is 9.84 Å². The number of hydrogen-bond acceptors (Lipinski definition) is 4. The standard InChI is InChI=1S/C16H16N2O3S/c19-16(13-5-4-9-17-11-13)18-10-8-15(12-18)22(20,21)14-6-2-1-3-7-14/h1-7,9,11,15H,8,10,12H2. The molecule has 6 heteroatoms. The number of amides is 1. The number of hydrogen-bond donors (Lipinski definition) is 0. The third-order valence-corrected chi connectivity index (χ3v) is 6.04. The van der Waals surface area contributed by atoms with Crippen molar-refractivity contribution in [2.24, 2.45) is 0 Å². The molecule has 0 radical (unpaired) electrons. The van der Waals surface area contributed by atoms with E-state index in [1.165, 1.54) is 6.20 Å². The summed E-state index contributed by atoms with van der Waals surface area (Å²) < 4.78 is 25.2. The number of aromatic nitrogens is 1. The van der Waals surface area contributed by atoms with Crippen LogP contribution in [0.15, 0.2) is 59.8 Å². The van der Waals surface area contributed by atoms with E-state index in [9.17, 15) is 13.2 Å². The molecular weight excluding hydrogens is 300 g/mol. The van der Waals surface area contributed by atoms with Crippen molar-refractivity contribution in [3.05, 3.63) is 60.4 Å². The molecule has 1 aromatic heterocycles. The highest BCUT2D eigenvalue weighted by Crippen LogP contribution is 2.24. The van der Waals surface area contributed by atoms with Crippen LogP contribution in [0.25, 0.3) is 0 Å². The highest BCUT2D eigenvalue weighted by molar-refractivity contribution is 7.92. The van der Waals surface area contributed by atoms with Gasteiger partial charge in [-0.3, -0.25) is 9.78 Å². The van der Waals surface area contributed by atoms with Crippen molar-refractivity contribution in [1.82, 2.24) is 9.88 Å². The van der Waals surface area contributed by atoms with Gasteiger partial charge in [-0.1, -0.05) is 18.2 Å². The third-order valence-electron chi connectivity index (χ3n) is 3.85. The number of pyridine rings is 1. The van der Waals surface area contributed by atoms with Gasteiger partial charge in [0, 0.05) is 25.5 Å². The number of rotatable bonds is 3. The zero-order valence-corrected chi connectivity index (χ0v) is 12.7. The van der Waals surface area contributed by atoms with Gasteiger partial charge in [0.1, 0.15) is 0 Å². The van der Waals surface area contributed by atoms with Crippen molar-refractivity contribution in [3.8, 4) is 0 Å². The Morgan fingerprint density at radius 2 is 1.91 bits per heavy atom. The number of benzene rings is 1. The normalized spacial score (nSPS) is 18.4. The highest BCUT2D eigenvalue weighted by Gasteiger charge is 2.36. The summed E-state index contributed by atoms with van der Waals surface area (Å²) in [7, 11) is -3.40. The van der Waals surface area contributed by atoms with Crippen molar-refractivity contribution in [3.63, 3.8) is 0 Å². The molecule has 0 N–H and O–H groups in total. The minimum absolute atomic E-state index is 0.168. The summed E-state index contributed by atoms with van der Waals surface area (Å²) in [6.07, 6.45) is 3.56. The van der Waals surface area contributed by atoms with Crippen molar-refractivity contribution >= 4 is 15.7 Å². The van der Waals surface area contributed by atoms with E-state index in [1.54, 1.807) is 53.6 Å². The number of carbonyl (C=O) groups excluding carboxylic acids is 1. The second kappa shape index (κ2) is 5.88. The number of carbonyl (C=O) groups is 1. The van der Waals surface area contributed by atoms with Crippen LogP contribution in [0.1, 0.15) is 16.8 Å². The Labute approximate surface area is 129 Å². The van der Waals surface area contributed by atoms with Crippen molar-refractivity contribution in [2.45, 2.75) is 16.6 Å². The van der Waals surface area contributed by atoms with Gasteiger partial charge in [-0.25, -0.2) is 8.42 Å². The molecule has 1 fully saturated rings. The van der Waals surface area contributed by atoms with Gasteiger partial charge in [0.15, 0.2) is 9.84 Å². The second-order valence-corrected chi connectivity index (χ2v) is 7.49. The van der Waals surface area contributed by atoms with E-state index in [4.69, 9.17) is 0 Å². The van der Waals surface area contributed by atoms with Crippen molar-refractivity contribution < 1.29 is 13.2 Å². The molecule has 2 heterocycles. The Kier molecular flexibility index (Phi) is 3.94. The lowest BCUT2D eigenvalue weighted by Crippen LogP contribution is -2.32. The molecule has 1 aliphatic rings. The van der Waals surface area contributed by atoms with Crippen LogP contribution in [0.2, 0.25) is 0 Å². The summed E-state index contributed by atoms with van der Waals surface area (Å²) in [5.74, 6) is -0.168. The molecule has 114 valence electrons. The van der Waals surface area contributed by atoms with Gasteiger partial charge in [-0.05, 0) is 30.7 Å². The topological polar surface area (TPSA) is 67.3 Å². The fourth-order valence-electron chi connectivity index (χ4n) is 2.64. The van der Waals surface area contributed by atoms with Crippen LogP contribution in [0.5, 0.6) is 0 Å². The number of nitrogens with zero attached hydrogens (tertiary/aromatic N) is 2. The van der Waals surface area contributed by atoms with Gasteiger partial charge in [-0.15, -0.1) is 0 Å². The smallest absolute Gasteiger partial charge is 0.255 e. The Morgan fingerprint density at radius 3 is 2.59 bits per heavy atom. The zero-order chi connectivity index (χ0) is 15.6. The van der Waals surface area contributed by atoms with Crippen LogP contribution < -0.4 is 0 Å². The summed E-state index contributed by atoms with van der Waals surface area (Å²) in [4.78, 5) is 18.2. The molecule has 0 saturated carbocycles. The Bertz CT molecular complexity index is 760. The molecule has 1 aliphatic heterocycles. The first-order valence-electron chi connectivity index (χ1n) is 7.07. The Hall–Kier alpha value is -2.21. The Morgan fingerprint density at radius 1 is 1.14 bits per heavy atom. The van der Waals surface area contributed by atoms with Gasteiger partial charge in [0.2, 0.25) is 0 Å². The molecule has 1 aromatic carbocycles. The maximum absolute atomic E-state index is 12.6.